The molecule has 0 saturated carbocycles. The third-order valence-corrected chi connectivity index (χ3v) is 4.32. The van der Waals surface area contributed by atoms with E-state index in [0.29, 0.717) is 5.76 Å². The van der Waals surface area contributed by atoms with Gasteiger partial charge in [-0.25, -0.2) is 4.79 Å². The largest absolute Gasteiger partial charge is 0.502 e. The average Bonchev–Trinajstić information content (AvgIpc) is 3.05. The first-order valence-corrected chi connectivity index (χ1v) is 8.90. The summed E-state index contributed by atoms with van der Waals surface area (Å²) in [6.07, 6.45) is 6.01. The minimum absolute atomic E-state index is 0.0723. The van der Waals surface area contributed by atoms with Gasteiger partial charge in [-0.05, 0) is 62.1 Å². The third kappa shape index (κ3) is 5.78. The number of aryl methyl sites for hydroxylation is 1. The highest BCUT2D eigenvalue weighted by Gasteiger charge is 2.13. The first-order chi connectivity index (χ1) is 12.9. The zero-order valence-corrected chi connectivity index (χ0v) is 16.2. The molecule has 2 aromatic rings. The Labute approximate surface area is 159 Å². The van der Waals surface area contributed by atoms with Gasteiger partial charge in [-0.2, -0.15) is 0 Å². The molecule has 0 unspecified atom stereocenters. The van der Waals surface area contributed by atoms with Gasteiger partial charge in [0.15, 0.2) is 0 Å². The van der Waals surface area contributed by atoms with E-state index in [1.165, 1.54) is 11.6 Å². The van der Waals surface area contributed by atoms with Crippen LogP contribution in [0.25, 0.3) is 5.57 Å². The van der Waals surface area contributed by atoms with E-state index in [-0.39, 0.29) is 12.4 Å². The number of rotatable bonds is 9. The Morgan fingerprint density at radius 1 is 1.22 bits per heavy atom. The van der Waals surface area contributed by atoms with Crippen LogP contribution in [0.1, 0.15) is 54.1 Å². The number of benzene rings is 1. The topological polar surface area (TPSA) is 68.9 Å². The number of hydrogen-bond acceptors (Lipinski definition) is 4. The number of allylic oxidation sites excluding steroid dienone is 4. The van der Waals surface area contributed by atoms with Crippen molar-refractivity contribution in [1.82, 2.24) is 0 Å². The number of aromatic carboxylic acids is 1. The molecule has 0 radical (unpaired) electrons. The Bertz CT molecular complexity index is 825. The fraction of sp³-hybridized carbons (Fsp3) is 0.318. The fourth-order valence-electron chi connectivity index (χ4n) is 2.61. The van der Waals surface area contributed by atoms with Gasteiger partial charge in [-0.3, -0.25) is 0 Å². The lowest BCUT2D eigenvalue weighted by molar-refractivity contribution is 0.0661. The van der Waals surface area contributed by atoms with Crippen LogP contribution in [0.2, 0.25) is 0 Å². The molecule has 0 amide bonds. The summed E-state index contributed by atoms with van der Waals surface area (Å²) in [7, 11) is 1.67. The van der Waals surface area contributed by atoms with Gasteiger partial charge in [0.25, 0.3) is 0 Å². The maximum atomic E-state index is 10.9. The summed E-state index contributed by atoms with van der Waals surface area (Å²) in [6, 6.07) is 9.40. The molecule has 0 aliphatic rings. The molecule has 5 heteroatoms. The van der Waals surface area contributed by atoms with E-state index >= 15 is 0 Å². The molecule has 0 saturated heterocycles. The van der Waals surface area contributed by atoms with Crippen molar-refractivity contribution in [1.29, 1.82) is 0 Å². The number of carboxylic acid groups (broad SMARTS) is 1. The smallest absolute Gasteiger partial charge is 0.371 e. The average molecular weight is 370 g/mol. The van der Waals surface area contributed by atoms with Crippen molar-refractivity contribution in [3.8, 4) is 5.75 Å². The lowest BCUT2D eigenvalue weighted by Crippen LogP contribution is -1.96. The fourth-order valence-corrected chi connectivity index (χ4v) is 2.61. The monoisotopic (exact) mass is 370 g/mol. The van der Waals surface area contributed by atoms with E-state index in [2.05, 4.69) is 13.0 Å². The van der Waals surface area contributed by atoms with Crippen molar-refractivity contribution < 1.29 is 23.8 Å². The lowest BCUT2D eigenvalue weighted by atomic mass is 10.0. The van der Waals surface area contributed by atoms with Gasteiger partial charge in [0.05, 0.1) is 12.9 Å². The molecule has 1 aromatic heterocycles. The molecule has 5 nitrogen and oxygen atoms in total. The Morgan fingerprint density at radius 3 is 2.48 bits per heavy atom. The summed E-state index contributed by atoms with van der Waals surface area (Å²) < 4.78 is 16.1. The third-order valence-electron chi connectivity index (χ3n) is 4.32. The van der Waals surface area contributed by atoms with Crippen molar-refractivity contribution in [3.63, 3.8) is 0 Å². The molecule has 1 aromatic carbocycles. The van der Waals surface area contributed by atoms with Crippen LogP contribution < -0.4 is 4.74 Å². The first kappa shape index (κ1) is 20.4. The molecule has 1 N–H and O–H groups in total. The van der Waals surface area contributed by atoms with Gasteiger partial charge in [0, 0.05) is 5.56 Å². The molecular weight excluding hydrogens is 344 g/mol. The molecule has 0 spiro atoms. The molecule has 2 rings (SSSR count). The van der Waals surface area contributed by atoms with E-state index in [9.17, 15) is 4.79 Å². The van der Waals surface area contributed by atoms with Gasteiger partial charge >= 0.3 is 5.97 Å². The highest BCUT2D eigenvalue weighted by Crippen LogP contribution is 2.23. The zero-order valence-electron chi connectivity index (χ0n) is 16.2. The van der Waals surface area contributed by atoms with Crippen molar-refractivity contribution in [2.45, 2.75) is 40.2 Å². The predicted octanol–water partition coefficient (Wildman–Crippen LogP) is 5.60. The molecule has 0 bridgehead atoms. The summed E-state index contributed by atoms with van der Waals surface area (Å²) in [4.78, 5) is 10.9. The molecule has 1 heterocycles. The number of furan rings is 1. The highest BCUT2D eigenvalue weighted by atomic mass is 16.5. The van der Waals surface area contributed by atoms with E-state index in [4.69, 9.17) is 19.0 Å². The summed E-state index contributed by atoms with van der Waals surface area (Å²) in [6.45, 7) is 6.06. The van der Waals surface area contributed by atoms with Crippen molar-refractivity contribution in [2.75, 3.05) is 7.11 Å². The maximum Gasteiger partial charge on any atom is 0.371 e. The number of methoxy groups -OCH3 is 1. The normalized spacial score (nSPS) is 12.1. The van der Waals surface area contributed by atoms with Crippen LogP contribution in [0.4, 0.5) is 0 Å². The van der Waals surface area contributed by atoms with Gasteiger partial charge in [0.1, 0.15) is 18.1 Å². The zero-order chi connectivity index (χ0) is 19.8. The quantitative estimate of drug-likeness (QED) is 0.582. The SMILES string of the molecule is CC/C(=C\C/C=C(\C)OC)c1ccc(OCc2cc(C(=O)O)oc2C)cc1. The van der Waals surface area contributed by atoms with Crippen LogP contribution in [0.3, 0.4) is 0 Å². The maximum absolute atomic E-state index is 10.9. The van der Waals surface area contributed by atoms with Gasteiger partial charge in [-0.15, -0.1) is 0 Å². The van der Waals surface area contributed by atoms with Crippen LogP contribution >= 0.6 is 0 Å². The number of carboxylic acids is 1. The summed E-state index contributed by atoms with van der Waals surface area (Å²) in [5, 5.41) is 8.97. The molecular formula is C22H26O5. The lowest BCUT2D eigenvalue weighted by Gasteiger charge is -2.08. The van der Waals surface area contributed by atoms with E-state index < -0.39 is 5.97 Å². The Hall–Kier alpha value is -2.95. The van der Waals surface area contributed by atoms with Crippen molar-refractivity contribution >= 4 is 11.5 Å². The second-order valence-corrected chi connectivity index (χ2v) is 6.15. The number of carbonyl (C=O) groups is 1. The van der Waals surface area contributed by atoms with Gasteiger partial charge in [-0.1, -0.05) is 25.1 Å². The predicted molar refractivity (Wildman–Crippen MR) is 105 cm³/mol. The minimum atomic E-state index is -1.08. The minimum Gasteiger partial charge on any atom is -0.502 e. The second-order valence-electron chi connectivity index (χ2n) is 6.15. The standard InChI is InChI=1S/C22H26O5/c1-5-17(8-6-7-15(2)25-4)18-9-11-20(12-10-18)26-14-19-13-21(22(23)24)27-16(19)3/h7-13H,5-6,14H2,1-4H3,(H,23,24)/b15-7+,17-8+. The van der Waals surface area contributed by atoms with Crippen LogP contribution in [-0.2, 0) is 11.3 Å². The Balaban J connectivity index is 2.01. The Kier molecular flexibility index (Phi) is 7.29. The van der Waals surface area contributed by atoms with Crippen molar-refractivity contribution in [2.24, 2.45) is 0 Å². The summed E-state index contributed by atoms with van der Waals surface area (Å²) in [5.74, 6) is 1.03. The van der Waals surface area contributed by atoms with Gasteiger partial charge in [0.2, 0.25) is 5.76 Å². The van der Waals surface area contributed by atoms with Crippen LogP contribution in [0, 0.1) is 6.92 Å². The van der Waals surface area contributed by atoms with Gasteiger partial charge < -0.3 is 19.0 Å². The Morgan fingerprint density at radius 2 is 1.93 bits per heavy atom. The van der Waals surface area contributed by atoms with Crippen LogP contribution in [0.5, 0.6) is 5.75 Å². The highest BCUT2D eigenvalue weighted by molar-refractivity contribution is 5.84. The molecule has 0 fully saturated rings. The van der Waals surface area contributed by atoms with E-state index in [1.54, 1.807) is 14.0 Å². The summed E-state index contributed by atoms with van der Waals surface area (Å²) in [5.41, 5.74) is 3.14. The number of hydrogen-bond donors (Lipinski definition) is 1. The molecule has 144 valence electrons. The van der Waals surface area contributed by atoms with Crippen molar-refractivity contribution in [3.05, 3.63) is 70.9 Å². The first-order valence-electron chi connectivity index (χ1n) is 8.90. The molecule has 0 aliphatic carbocycles. The molecule has 0 aliphatic heterocycles. The summed E-state index contributed by atoms with van der Waals surface area (Å²) >= 11 is 0. The molecule has 0 atom stereocenters. The van der Waals surface area contributed by atoms with Crippen LogP contribution in [0.15, 0.2) is 52.7 Å². The van der Waals surface area contributed by atoms with Crippen LogP contribution in [-0.4, -0.2) is 18.2 Å². The van der Waals surface area contributed by atoms with E-state index in [1.807, 2.05) is 37.3 Å². The number of ether oxygens (including phenoxy) is 2. The second kappa shape index (κ2) is 9.67. The van der Waals surface area contributed by atoms with E-state index in [0.717, 1.165) is 35.5 Å². The molecule has 27 heavy (non-hydrogen) atoms.